The topological polar surface area (TPSA) is 99.8 Å². The Morgan fingerprint density at radius 2 is 1.51 bits per heavy atom. The predicted octanol–water partition coefficient (Wildman–Crippen LogP) is 3.77. The number of hydrogen-bond acceptors (Lipinski definition) is 5. The van der Waals surface area contributed by atoms with E-state index in [2.05, 4.69) is 16.0 Å². The number of carbonyl (C=O) groups excluding carboxylic acids is 3. The van der Waals surface area contributed by atoms with E-state index in [-0.39, 0.29) is 30.3 Å². The number of hydrogen-bond donors (Lipinski definition) is 3. The molecule has 1 heterocycles. The molecule has 0 bridgehead atoms. The van der Waals surface area contributed by atoms with Gasteiger partial charge in [0.1, 0.15) is 0 Å². The molecule has 1 aliphatic carbocycles. The van der Waals surface area contributed by atoms with Gasteiger partial charge in [-0.3, -0.25) is 19.3 Å². The van der Waals surface area contributed by atoms with Crippen LogP contribution in [0, 0.1) is 0 Å². The largest absolute Gasteiger partial charge is 0.379 e. The van der Waals surface area contributed by atoms with E-state index in [4.69, 9.17) is 4.74 Å². The average molecular weight is 499 g/mol. The Bertz CT molecular complexity index is 1270. The van der Waals surface area contributed by atoms with Crippen LogP contribution in [0.5, 0.6) is 0 Å². The predicted molar refractivity (Wildman–Crippen MR) is 143 cm³/mol. The third kappa shape index (κ3) is 6.61. The fourth-order valence-corrected chi connectivity index (χ4v) is 4.21. The standard InChI is InChI=1S/C29H30N4O4/c34-27(19-33-14-16-37-17-15-33)32-26-18-22(8-13-25(26)29(36)31-24-11-12-24)28(35)30-23-9-6-21(7-10-23)20-4-2-1-3-5-20/h1-10,13,18,24H,11-12,14-17,19H2,(H,30,35)(H,31,36)(H,32,34). The molecule has 37 heavy (non-hydrogen) atoms. The van der Waals surface area contributed by atoms with Crippen LogP contribution in [-0.4, -0.2) is 61.5 Å². The molecule has 1 saturated heterocycles. The van der Waals surface area contributed by atoms with E-state index < -0.39 is 0 Å². The van der Waals surface area contributed by atoms with Crippen LogP contribution in [-0.2, 0) is 9.53 Å². The van der Waals surface area contributed by atoms with Crippen molar-refractivity contribution < 1.29 is 19.1 Å². The minimum Gasteiger partial charge on any atom is -0.379 e. The normalized spacial score (nSPS) is 15.6. The van der Waals surface area contributed by atoms with Crippen LogP contribution >= 0.6 is 0 Å². The van der Waals surface area contributed by atoms with Gasteiger partial charge in [0, 0.05) is 30.4 Å². The van der Waals surface area contributed by atoms with Gasteiger partial charge >= 0.3 is 0 Å². The van der Waals surface area contributed by atoms with Gasteiger partial charge in [-0.25, -0.2) is 0 Å². The van der Waals surface area contributed by atoms with Crippen molar-refractivity contribution in [1.29, 1.82) is 0 Å². The van der Waals surface area contributed by atoms with Crippen LogP contribution in [0.25, 0.3) is 11.1 Å². The third-order valence-corrected chi connectivity index (χ3v) is 6.43. The first-order valence-electron chi connectivity index (χ1n) is 12.6. The maximum Gasteiger partial charge on any atom is 0.255 e. The van der Waals surface area contributed by atoms with Gasteiger partial charge in [0.15, 0.2) is 0 Å². The van der Waals surface area contributed by atoms with Gasteiger partial charge in [0.05, 0.1) is 31.0 Å². The maximum absolute atomic E-state index is 13.0. The number of rotatable bonds is 8. The molecule has 5 rings (SSSR count). The summed E-state index contributed by atoms with van der Waals surface area (Å²) in [5.74, 6) is -0.825. The average Bonchev–Trinajstić information content (AvgIpc) is 3.74. The number of benzene rings is 3. The lowest BCUT2D eigenvalue weighted by Gasteiger charge is -2.26. The Morgan fingerprint density at radius 1 is 0.811 bits per heavy atom. The highest BCUT2D eigenvalue weighted by molar-refractivity contribution is 6.09. The van der Waals surface area contributed by atoms with Crippen LogP contribution in [0.3, 0.4) is 0 Å². The molecule has 8 nitrogen and oxygen atoms in total. The maximum atomic E-state index is 13.0. The Kier molecular flexibility index (Phi) is 7.58. The van der Waals surface area contributed by atoms with Crippen molar-refractivity contribution in [2.45, 2.75) is 18.9 Å². The van der Waals surface area contributed by atoms with Crippen LogP contribution in [0.4, 0.5) is 11.4 Å². The summed E-state index contributed by atoms with van der Waals surface area (Å²) in [5.41, 5.74) is 3.80. The molecule has 0 atom stereocenters. The summed E-state index contributed by atoms with van der Waals surface area (Å²) in [6, 6.07) is 22.5. The van der Waals surface area contributed by atoms with Crippen LogP contribution in [0.1, 0.15) is 33.6 Å². The number of amides is 3. The molecule has 1 saturated carbocycles. The van der Waals surface area contributed by atoms with E-state index in [0.717, 1.165) is 24.0 Å². The first kappa shape index (κ1) is 24.7. The van der Waals surface area contributed by atoms with Gasteiger partial charge in [-0.05, 0) is 54.3 Å². The molecular formula is C29H30N4O4. The quantitative estimate of drug-likeness (QED) is 0.439. The lowest BCUT2D eigenvalue weighted by atomic mass is 10.1. The van der Waals surface area contributed by atoms with Gasteiger partial charge in [0.2, 0.25) is 5.91 Å². The highest BCUT2D eigenvalue weighted by Crippen LogP contribution is 2.24. The molecule has 8 heteroatoms. The number of anilines is 2. The van der Waals surface area contributed by atoms with E-state index in [9.17, 15) is 14.4 Å². The molecule has 0 aromatic heterocycles. The molecule has 3 aromatic rings. The summed E-state index contributed by atoms with van der Waals surface area (Å²) in [4.78, 5) is 40.6. The number of nitrogens with zero attached hydrogens (tertiary/aromatic N) is 1. The summed E-state index contributed by atoms with van der Waals surface area (Å²) < 4.78 is 5.34. The van der Waals surface area contributed by atoms with E-state index >= 15 is 0 Å². The minimum atomic E-state index is -0.328. The second-order valence-corrected chi connectivity index (χ2v) is 9.34. The zero-order chi connectivity index (χ0) is 25.6. The first-order chi connectivity index (χ1) is 18.0. The Balaban J connectivity index is 1.30. The summed E-state index contributed by atoms with van der Waals surface area (Å²) in [6.07, 6.45) is 1.90. The second kappa shape index (κ2) is 11.4. The molecule has 2 fully saturated rings. The molecule has 2 aliphatic rings. The van der Waals surface area contributed by atoms with E-state index in [1.165, 1.54) is 0 Å². The van der Waals surface area contributed by atoms with Crippen molar-refractivity contribution in [1.82, 2.24) is 10.2 Å². The highest BCUT2D eigenvalue weighted by atomic mass is 16.5. The molecule has 3 N–H and O–H groups in total. The molecular weight excluding hydrogens is 468 g/mol. The lowest BCUT2D eigenvalue weighted by molar-refractivity contribution is -0.118. The van der Waals surface area contributed by atoms with Gasteiger partial charge < -0.3 is 20.7 Å². The van der Waals surface area contributed by atoms with E-state index in [0.29, 0.717) is 48.8 Å². The SMILES string of the molecule is O=C(CN1CCOCC1)Nc1cc(C(=O)Nc2ccc(-c3ccccc3)cc2)ccc1C(=O)NC1CC1. The summed E-state index contributed by atoms with van der Waals surface area (Å²) in [5, 5.41) is 8.71. The van der Waals surface area contributed by atoms with Crippen molar-refractivity contribution in [3.05, 3.63) is 83.9 Å². The van der Waals surface area contributed by atoms with Gasteiger partial charge in [-0.1, -0.05) is 42.5 Å². The summed E-state index contributed by atoms with van der Waals surface area (Å²) in [6.45, 7) is 2.72. The first-order valence-corrected chi connectivity index (χ1v) is 12.6. The van der Waals surface area contributed by atoms with E-state index in [1.807, 2.05) is 59.5 Å². The van der Waals surface area contributed by atoms with Crippen molar-refractivity contribution in [3.63, 3.8) is 0 Å². The molecule has 190 valence electrons. The molecule has 3 aromatic carbocycles. The number of carbonyl (C=O) groups is 3. The molecule has 0 spiro atoms. The number of morpholine rings is 1. The Morgan fingerprint density at radius 3 is 2.22 bits per heavy atom. The Hall–Kier alpha value is -4.01. The molecule has 3 amide bonds. The second-order valence-electron chi connectivity index (χ2n) is 9.34. The van der Waals surface area contributed by atoms with E-state index in [1.54, 1.807) is 18.2 Å². The fourth-order valence-electron chi connectivity index (χ4n) is 4.21. The summed E-state index contributed by atoms with van der Waals surface area (Å²) >= 11 is 0. The number of ether oxygens (including phenoxy) is 1. The summed E-state index contributed by atoms with van der Waals surface area (Å²) in [7, 11) is 0. The molecule has 0 unspecified atom stereocenters. The van der Waals surface area contributed by atoms with Crippen molar-refractivity contribution in [2.24, 2.45) is 0 Å². The van der Waals surface area contributed by atoms with Crippen LogP contribution in [0.15, 0.2) is 72.8 Å². The highest BCUT2D eigenvalue weighted by Gasteiger charge is 2.26. The molecule has 0 radical (unpaired) electrons. The third-order valence-electron chi connectivity index (χ3n) is 6.43. The fraction of sp³-hybridized carbons (Fsp3) is 0.276. The monoisotopic (exact) mass is 498 g/mol. The smallest absolute Gasteiger partial charge is 0.255 e. The van der Waals surface area contributed by atoms with Gasteiger partial charge in [0.25, 0.3) is 11.8 Å². The van der Waals surface area contributed by atoms with Gasteiger partial charge in [-0.15, -0.1) is 0 Å². The zero-order valence-electron chi connectivity index (χ0n) is 20.5. The van der Waals surface area contributed by atoms with Crippen molar-refractivity contribution >= 4 is 29.1 Å². The van der Waals surface area contributed by atoms with Crippen LogP contribution < -0.4 is 16.0 Å². The number of nitrogens with one attached hydrogen (secondary N) is 3. The lowest BCUT2D eigenvalue weighted by Crippen LogP contribution is -2.41. The van der Waals surface area contributed by atoms with Crippen molar-refractivity contribution in [2.75, 3.05) is 43.5 Å². The zero-order valence-corrected chi connectivity index (χ0v) is 20.5. The minimum absolute atomic E-state index is 0.172. The Labute approximate surface area is 216 Å². The van der Waals surface area contributed by atoms with Crippen LogP contribution in [0.2, 0.25) is 0 Å². The molecule has 1 aliphatic heterocycles. The van der Waals surface area contributed by atoms with Gasteiger partial charge in [-0.2, -0.15) is 0 Å². The van der Waals surface area contributed by atoms with Crippen molar-refractivity contribution in [3.8, 4) is 11.1 Å².